The second-order valence-corrected chi connectivity index (χ2v) is 10.2. The van der Waals surface area contributed by atoms with Gasteiger partial charge in [0.25, 0.3) is 0 Å². The van der Waals surface area contributed by atoms with Crippen molar-refractivity contribution in [2.75, 3.05) is 13.6 Å². The van der Waals surface area contributed by atoms with Crippen molar-refractivity contribution in [3.05, 3.63) is 127 Å². The molecule has 7 rings (SSSR count). The van der Waals surface area contributed by atoms with Gasteiger partial charge in [0.2, 0.25) is 0 Å². The summed E-state index contributed by atoms with van der Waals surface area (Å²) in [5, 5.41) is 6.44. The molecule has 0 N–H and O–H groups in total. The molecule has 0 fully saturated rings. The Morgan fingerprint density at radius 3 is 2.08 bits per heavy atom. The quantitative estimate of drug-likeness (QED) is 0.251. The Morgan fingerprint density at radius 1 is 0.711 bits per heavy atom. The fourth-order valence-electron chi connectivity index (χ4n) is 5.88. The van der Waals surface area contributed by atoms with Crippen LogP contribution in [0.2, 0.25) is 0 Å². The van der Waals surface area contributed by atoms with Crippen LogP contribution in [-0.4, -0.2) is 32.8 Å². The van der Waals surface area contributed by atoms with E-state index in [2.05, 4.69) is 137 Å². The van der Waals surface area contributed by atoms with E-state index in [9.17, 15) is 0 Å². The highest BCUT2D eigenvalue weighted by Crippen LogP contribution is 2.38. The minimum Gasteiger partial charge on any atom is -0.312 e. The van der Waals surface area contributed by atoms with Gasteiger partial charge in [0, 0.05) is 40.5 Å². The Hall–Kier alpha value is -4.41. The summed E-state index contributed by atoms with van der Waals surface area (Å²) in [6, 6.07) is 41.1. The van der Waals surface area contributed by atoms with Gasteiger partial charge in [-0.1, -0.05) is 78.9 Å². The number of likely N-dealkylation sites (N-methyl/N-ethyl adjacent to an activating group) is 1. The largest absolute Gasteiger partial charge is 0.312 e. The third kappa shape index (κ3) is 3.68. The molecule has 1 unspecified atom stereocenters. The van der Waals surface area contributed by atoms with Crippen LogP contribution < -0.4 is 0 Å². The van der Waals surface area contributed by atoms with E-state index >= 15 is 0 Å². The molecular weight excluding hydrogens is 464 g/mol. The second kappa shape index (κ2) is 9.16. The third-order valence-corrected chi connectivity index (χ3v) is 7.99. The monoisotopic (exact) mass is 494 g/mol. The van der Waals surface area contributed by atoms with Crippen LogP contribution in [0.3, 0.4) is 0 Å². The normalized spacial score (nSPS) is 15.6. The van der Waals surface area contributed by atoms with Crippen molar-refractivity contribution in [2.24, 2.45) is 0 Å². The van der Waals surface area contributed by atoms with Gasteiger partial charge < -0.3 is 4.57 Å². The molecule has 4 aromatic carbocycles. The molecule has 0 aliphatic carbocycles. The number of hydrogen-bond acceptors (Lipinski definition) is 2. The molecule has 186 valence electrons. The van der Waals surface area contributed by atoms with Gasteiger partial charge >= 0.3 is 0 Å². The van der Waals surface area contributed by atoms with Crippen LogP contribution >= 0.6 is 0 Å². The highest BCUT2D eigenvalue weighted by Gasteiger charge is 2.28. The molecule has 0 saturated heterocycles. The highest BCUT2D eigenvalue weighted by atomic mass is 15.3. The fraction of sp³-hybridized carbons (Fsp3) is 0.147. The summed E-state index contributed by atoms with van der Waals surface area (Å²) < 4.78 is 4.53. The molecule has 0 amide bonds. The lowest BCUT2D eigenvalue weighted by molar-refractivity contribution is 0.241. The molecule has 0 saturated carbocycles. The van der Waals surface area contributed by atoms with Gasteiger partial charge in [0.15, 0.2) is 0 Å². The smallest absolute Gasteiger partial charge is 0.0934 e. The molecule has 1 aliphatic heterocycles. The first kappa shape index (κ1) is 22.8. The van der Waals surface area contributed by atoms with E-state index in [1.165, 1.54) is 27.8 Å². The van der Waals surface area contributed by atoms with E-state index in [-0.39, 0.29) is 0 Å². The lowest BCUT2D eigenvalue weighted by Gasteiger charge is -2.31. The zero-order valence-electron chi connectivity index (χ0n) is 21.8. The Balaban J connectivity index is 1.36. The molecule has 1 atom stereocenters. The second-order valence-electron chi connectivity index (χ2n) is 10.2. The van der Waals surface area contributed by atoms with Gasteiger partial charge in [0.1, 0.15) is 0 Å². The molecule has 0 bridgehead atoms. The van der Waals surface area contributed by atoms with Crippen LogP contribution in [0, 0.1) is 0 Å². The summed E-state index contributed by atoms with van der Waals surface area (Å²) in [7, 11) is 2.23. The highest BCUT2D eigenvalue weighted by molar-refractivity contribution is 5.88. The average Bonchev–Trinajstić information content (AvgIpc) is 3.57. The van der Waals surface area contributed by atoms with E-state index in [0.717, 1.165) is 41.2 Å². The maximum atomic E-state index is 5.06. The number of rotatable bonds is 4. The van der Waals surface area contributed by atoms with Gasteiger partial charge in [-0.3, -0.25) is 4.90 Å². The fourth-order valence-corrected chi connectivity index (χ4v) is 5.88. The first-order valence-electron chi connectivity index (χ1n) is 13.3. The zero-order valence-corrected chi connectivity index (χ0v) is 21.8. The Labute approximate surface area is 223 Å². The molecule has 6 aromatic rings. The topological polar surface area (TPSA) is 26.0 Å². The standard InChI is InChI=1S/C34H30N4/c1-24-34-30(21-22-36(24)2)29-15-9-10-16-32(29)37(34)27-17-19-28(20-18-27)38-33(26-13-7-4-8-14-26)23-31(35-38)25-11-5-3-6-12-25/h3-20,23-24H,21-22H2,1-2H3. The molecule has 0 radical (unpaired) electrons. The summed E-state index contributed by atoms with van der Waals surface area (Å²) in [4.78, 5) is 2.45. The van der Waals surface area contributed by atoms with Crippen molar-refractivity contribution >= 4 is 10.9 Å². The number of para-hydroxylation sites is 1. The summed E-state index contributed by atoms with van der Waals surface area (Å²) >= 11 is 0. The SMILES string of the molecule is CC1c2c(c3ccccc3n2-c2ccc(-n3nc(-c4ccccc4)cc3-c3ccccc3)cc2)CCN1C. The minimum atomic E-state index is 0.357. The zero-order chi connectivity index (χ0) is 25.6. The number of fused-ring (bicyclic) bond motifs is 3. The number of hydrogen-bond donors (Lipinski definition) is 0. The van der Waals surface area contributed by atoms with E-state index in [1.807, 2.05) is 6.07 Å². The van der Waals surface area contributed by atoms with E-state index in [1.54, 1.807) is 0 Å². The maximum absolute atomic E-state index is 5.06. The molecule has 1 aliphatic rings. The van der Waals surface area contributed by atoms with Gasteiger partial charge in [-0.2, -0.15) is 5.10 Å². The third-order valence-electron chi connectivity index (χ3n) is 7.99. The van der Waals surface area contributed by atoms with Crippen molar-refractivity contribution in [3.63, 3.8) is 0 Å². The van der Waals surface area contributed by atoms with Crippen LogP contribution in [0.25, 0.3) is 44.8 Å². The number of benzene rings is 4. The Kier molecular flexibility index (Phi) is 5.49. The summed E-state index contributed by atoms with van der Waals surface area (Å²) in [5.41, 5.74) is 10.7. The van der Waals surface area contributed by atoms with Crippen molar-refractivity contribution in [2.45, 2.75) is 19.4 Å². The number of nitrogens with zero attached hydrogens (tertiary/aromatic N) is 4. The predicted molar refractivity (Wildman–Crippen MR) is 156 cm³/mol. The first-order valence-corrected chi connectivity index (χ1v) is 13.3. The van der Waals surface area contributed by atoms with Gasteiger partial charge in [0.05, 0.1) is 22.6 Å². The number of aromatic nitrogens is 3. The van der Waals surface area contributed by atoms with Gasteiger partial charge in [-0.05, 0) is 62.4 Å². The van der Waals surface area contributed by atoms with Gasteiger partial charge in [-0.25, -0.2) is 4.68 Å². The van der Waals surface area contributed by atoms with Crippen LogP contribution in [0.1, 0.15) is 24.2 Å². The van der Waals surface area contributed by atoms with E-state index in [4.69, 9.17) is 5.10 Å². The Morgan fingerprint density at radius 2 is 1.34 bits per heavy atom. The van der Waals surface area contributed by atoms with Crippen LogP contribution in [-0.2, 0) is 6.42 Å². The lowest BCUT2D eigenvalue weighted by atomic mass is 9.99. The maximum Gasteiger partial charge on any atom is 0.0934 e. The summed E-state index contributed by atoms with van der Waals surface area (Å²) in [6.45, 7) is 3.41. The molecule has 4 nitrogen and oxygen atoms in total. The van der Waals surface area contributed by atoms with E-state index in [0.29, 0.717) is 6.04 Å². The first-order chi connectivity index (χ1) is 18.7. The van der Waals surface area contributed by atoms with Crippen LogP contribution in [0.4, 0.5) is 0 Å². The van der Waals surface area contributed by atoms with Crippen molar-refractivity contribution in [3.8, 4) is 33.9 Å². The minimum absolute atomic E-state index is 0.357. The van der Waals surface area contributed by atoms with E-state index < -0.39 is 0 Å². The summed E-state index contributed by atoms with van der Waals surface area (Å²) in [6.07, 6.45) is 1.08. The molecule has 2 aromatic heterocycles. The van der Waals surface area contributed by atoms with Crippen LogP contribution in [0.5, 0.6) is 0 Å². The lowest BCUT2D eigenvalue weighted by Crippen LogP contribution is -2.31. The predicted octanol–water partition coefficient (Wildman–Crippen LogP) is 7.70. The molecule has 3 heterocycles. The van der Waals surface area contributed by atoms with Crippen molar-refractivity contribution in [1.29, 1.82) is 0 Å². The van der Waals surface area contributed by atoms with Crippen LogP contribution in [0.15, 0.2) is 115 Å². The molecule has 4 heteroatoms. The van der Waals surface area contributed by atoms with Gasteiger partial charge in [-0.15, -0.1) is 0 Å². The average molecular weight is 495 g/mol. The van der Waals surface area contributed by atoms with Crippen molar-refractivity contribution in [1.82, 2.24) is 19.2 Å². The molecule has 38 heavy (non-hydrogen) atoms. The Bertz CT molecular complexity index is 1730. The summed E-state index contributed by atoms with van der Waals surface area (Å²) in [5.74, 6) is 0. The molecule has 0 spiro atoms. The van der Waals surface area contributed by atoms with Crippen molar-refractivity contribution < 1.29 is 0 Å². The molecular formula is C34H30N4.